The van der Waals surface area contributed by atoms with Crippen molar-refractivity contribution in [2.24, 2.45) is 5.92 Å². The summed E-state index contributed by atoms with van der Waals surface area (Å²) in [6, 6.07) is 7.74. The molecule has 2 aromatic heterocycles. The van der Waals surface area contributed by atoms with E-state index in [0.717, 1.165) is 43.1 Å². The molecule has 0 unspecified atom stereocenters. The molecule has 0 N–H and O–H groups in total. The van der Waals surface area contributed by atoms with Crippen LogP contribution in [0.15, 0.2) is 30.5 Å². The van der Waals surface area contributed by atoms with Crippen LogP contribution in [0.2, 0.25) is 0 Å². The third-order valence-corrected chi connectivity index (χ3v) is 4.34. The van der Waals surface area contributed by atoms with Crippen molar-refractivity contribution < 1.29 is 4.79 Å². The van der Waals surface area contributed by atoms with Gasteiger partial charge in [-0.05, 0) is 31.9 Å². The fourth-order valence-corrected chi connectivity index (χ4v) is 3.04. The topological polar surface area (TPSA) is 62.2 Å². The smallest absolute Gasteiger partial charge is 0.225 e. The van der Waals surface area contributed by atoms with E-state index < -0.39 is 0 Å². The van der Waals surface area contributed by atoms with E-state index in [4.69, 9.17) is 0 Å². The van der Waals surface area contributed by atoms with Gasteiger partial charge in [0.1, 0.15) is 11.5 Å². The molecule has 6 heteroatoms. The van der Waals surface area contributed by atoms with Gasteiger partial charge in [0.25, 0.3) is 0 Å². The number of amides is 1. The van der Waals surface area contributed by atoms with Crippen molar-refractivity contribution in [2.75, 3.05) is 32.1 Å². The first-order valence-corrected chi connectivity index (χ1v) is 8.28. The standard InChI is InChI=1S/C18H23N5O/c1-13-12-16(21-17(20-13)15-6-4-5-9-19-15)23-10-7-14(8-11-23)18(24)22(2)3/h4-6,9,12,14H,7-8,10-11H2,1-3H3. The van der Waals surface area contributed by atoms with Gasteiger partial charge in [-0.2, -0.15) is 0 Å². The van der Waals surface area contributed by atoms with Crippen molar-refractivity contribution in [1.29, 1.82) is 0 Å². The highest BCUT2D eigenvalue weighted by Gasteiger charge is 2.27. The maximum absolute atomic E-state index is 12.1. The molecule has 0 radical (unpaired) electrons. The van der Waals surface area contributed by atoms with E-state index in [-0.39, 0.29) is 11.8 Å². The number of aryl methyl sites for hydroxylation is 1. The van der Waals surface area contributed by atoms with Crippen molar-refractivity contribution in [3.63, 3.8) is 0 Å². The predicted molar refractivity (Wildman–Crippen MR) is 93.6 cm³/mol. The highest BCUT2D eigenvalue weighted by atomic mass is 16.2. The van der Waals surface area contributed by atoms with Crippen molar-refractivity contribution in [1.82, 2.24) is 19.9 Å². The average molecular weight is 325 g/mol. The second-order valence-corrected chi connectivity index (χ2v) is 6.40. The van der Waals surface area contributed by atoms with Crippen LogP contribution in [0.5, 0.6) is 0 Å². The fraction of sp³-hybridized carbons (Fsp3) is 0.444. The summed E-state index contributed by atoms with van der Waals surface area (Å²) in [5, 5.41) is 0. The summed E-state index contributed by atoms with van der Waals surface area (Å²) < 4.78 is 0. The van der Waals surface area contributed by atoms with E-state index in [0.29, 0.717) is 5.82 Å². The van der Waals surface area contributed by atoms with Crippen molar-refractivity contribution >= 4 is 11.7 Å². The third kappa shape index (κ3) is 3.53. The van der Waals surface area contributed by atoms with Crippen LogP contribution < -0.4 is 4.90 Å². The Labute approximate surface area is 142 Å². The van der Waals surface area contributed by atoms with Crippen molar-refractivity contribution in [2.45, 2.75) is 19.8 Å². The van der Waals surface area contributed by atoms with Gasteiger partial charge in [0, 0.05) is 51.1 Å². The molecule has 0 spiro atoms. The lowest BCUT2D eigenvalue weighted by atomic mass is 9.95. The molecular formula is C18H23N5O. The van der Waals surface area contributed by atoms with Crippen LogP contribution in [0.3, 0.4) is 0 Å². The normalized spacial score (nSPS) is 15.4. The van der Waals surface area contributed by atoms with Gasteiger partial charge < -0.3 is 9.80 Å². The van der Waals surface area contributed by atoms with E-state index in [1.54, 1.807) is 11.1 Å². The summed E-state index contributed by atoms with van der Waals surface area (Å²) in [7, 11) is 3.64. The SMILES string of the molecule is Cc1cc(N2CCC(C(=O)N(C)C)CC2)nc(-c2ccccn2)n1. The van der Waals surface area contributed by atoms with Crippen LogP contribution in [0.4, 0.5) is 5.82 Å². The molecule has 3 heterocycles. The first-order valence-electron chi connectivity index (χ1n) is 8.28. The minimum absolute atomic E-state index is 0.120. The molecule has 1 aliphatic heterocycles. The molecule has 126 valence electrons. The number of hydrogen-bond acceptors (Lipinski definition) is 5. The number of carbonyl (C=O) groups is 1. The molecule has 0 atom stereocenters. The molecule has 1 amide bonds. The maximum atomic E-state index is 12.1. The number of pyridine rings is 1. The van der Waals surface area contributed by atoms with Gasteiger partial charge >= 0.3 is 0 Å². The number of nitrogens with zero attached hydrogens (tertiary/aromatic N) is 5. The van der Waals surface area contributed by atoms with E-state index in [9.17, 15) is 4.79 Å². The average Bonchev–Trinajstić information content (AvgIpc) is 2.61. The van der Waals surface area contributed by atoms with Crippen LogP contribution in [-0.4, -0.2) is 52.9 Å². The quantitative estimate of drug-likeness (QED) is 0.865. The zero-order valence-corrected chi connectivity index (χ0v) is 14.4. The zero-order valence-electron chi connectivity index (χ0n) is 14.4. The lowest BCUT2D eigenvalue weighted by Crippen LogP contribution is -2.40. The number of piperidine rings is 1. The molecule has 0 saturated carbocycles. The summed E-state index contributed by atoms with van der Waals surface area (Å²) in [4.78, 5) is 29.6. The highest BCUT2D eigenvalue weighted by molar-refractivity contribution is 5.78. The van der Waals surface area contributed by atoms with Crippen LogP contribution in [0.1, 0.15) is 18.5 Å². The van der Waals surface area contributed by atoms with Gasteiger partial charge in [0.15, 0.2) is 5.82 Å². The largest absolute Gasteiger partial charge is 0.356 e. The Balaban J connectivity index is 1.77. The van der Waals surface area contributed by atoms with Gasteiger partial charge in [-0.25, -0.2) is 9.97 Å². The van der Waals surface area contributed by atoms with Gasteiger partial charge in [0.05, 0.1) is 0 Å². The van der Waals surface area contributed by atoms with E-state index in [2.05, 4.69) is 19.9 Å². The lowest BCUT2D eigenvalue weighted by Gasteiger charge is -2.33. The molecule has 1 aliphatic rings. The number of aromatic nitrogens is 3. The molecule has 2 aromatic rings. The maximum Gasteiger partial charge on any atom is 0.225 e. The van der Waals surface area contributed by atoms with Gasteiger partial charge in [-0.15, -0.1) is 0 Å². The van der Waals surface area contributed by atoms with Gasteiger partial charge in [-0.3, -0.25) is 9.78 Å². The molecule has 24 heavy (non-hydrogen) atoms. The Hall–Kier alpha value is -2.50. The Kier molecular flexibility index (Phi) is 4.74. The summed E-state index contributed by atoms with van der Waals surface area (Å²) >= 11 is 0. The monoisotopic (exact) mass is 325 g/mol. The Morgan fingerprint density at radius 2 is 1.96 bits per heavy atom. The van der Waals surface area contributed by atoms with E-state index in [1.165, 1.54) is 0 Å². The Morgan fingerprint density at radius 3 is 2.58 bits per heavy atom. The molecule has 0 aromatic carbocycles. The van der Waals surface area contributed by atoms with E-state index in [1.807, 2.05) is 45.3 Å². The molecule has 0 aliphatic carbocycles. The van der Waals surface area contributed by atoms with Crippen LogP contribution in [0, 0.1) is 12.8 Å². The molecule has 1 saturated heterocycles. The highest BCUT2D eigenvalue weighted by Crippen LogP contribution is 2.25. The number of rotatable bonds is 3. The summed E-state index contributed by atoms with van der Waals surface area (Å²) in [5.41, 5.74) is 1.70. The van der Waals surface area contributed by atoms with Gasteiger partial charge in [0.2, 0.25) is 5.91 Å². The minimum atomic E-state index is 0.120. The number of anilines is 1. The minimum Gasteiger partial charge on any atom is -0.356 e. The van der Waals surface area contributed by atoms with Crippen molar-refractivity contribution in [3.05, 3.63) is 36.2 Å². The molecule has 3 rings (SSSR count). The fourth-order valence-electron chi connectivity index (χ4n) is 3.04. The second kappa shape index (κ2) is 6.95. The lowest BCUT2D eigenvalue weighted by molar-refractivity contribution is -0.133. The first kappa shape index (κ1) is 16.4. The number of hydrogen-bond donors (Lipinski definition) is 0. The first-order chi connectivity index (χ1) is 11.5. The molecular weight excluding hydrogens is 302 g/mol. The van der Waals surface area contributed by atoms with Crippen molar-refractivity contribution in [3.8, 4) is 11.5 Å². The summed E-state index contributed by atoms with van der Waals surface area (Å²) in [6.07, 6.45) is 3.47. The molecule has 6 nitrogen and oxygen atoms in total. The van der Waals surface area contributed by atoms with E-state index >= 15 is 0 Å². The number of carbonyl (C=O) groups excluding carboxylic acids is 1. The van der Waals surface area contributed by atoms with Crippen LogP contribution >= 0.6 is 0 Å². The second-order valence-electron chi connectivity index (χ2n) is 6.40. The molecule has 1 fully saturated rings. The zero-order chi connectivity index (χ0) is 17.1. The third-order valence-electron chi connectivity index (χ3n) is 4.34. The van der Waals surface area contributed by atoms with Crippen LogP contribution in [0.25, 0.3) is 11.5 Å². The Morgan fingerprint density at radius 1 is 1.21 bits per heavy atom. The van der Waals surface area contributed by atoms with Gasteiger partial charge in [-0.1, -0.05) is 6.07 Å². The van der Waals surface area contributed by atoms with Crippen LogP contribution in [-0.2, 0) is 4.79 Å². The summed E-state index contributed by atoms with van der Waals surface area (Å²) in [6.45, 7) is 3.64. The Bertz CT molecular complexity index is 709. The molecule has 0 bridgehead atoms. The predicted octanol–water partition coefficient (Wildman–Crippen LogP) is 2.15. The summed E-state index contributed by atoms with van der Waals surface area (Å²) in [5.74, 6) is 1.91.